The first-order valence-electron chi connectivity index (χ1n) is 9.47. The van der Waals surface area contributed by atoms with Gasteiger partial charge in [-0.15, -0.1) is 0 Å². The topological polar surface area (TPSA) is 47.9 Å². The van der Waals surface area contributed by atoms with Gasteiger partial charge in [0.1, 0.15) is 0 Å². The highest BCUT2D eigenvalue weighted by Gasteiger charge is 2.21. The Labute approximate surface area is 151 Å². The van der Waals surface area contributed by atoms with Gasteiger partial charge in [-0.25, -0.2) is 0 Å². The normalized spacial score (nSPS) is 22.6. The minimum absolute atomic E-state index is 0.00422. The molecule has 2 unspecified atom stereocenters. The van der Waals surface area contributed by atoms with Gasteiger partial charge in [-0.3, -0.25) is 14.7 Å². The Bertz CT molecular complexity index is 625. The molecule has 1 saturated heterocycles. The summed E-state index contributed by atoms with van der Waals surface area (Å²) >= 11 is 0. The number of piperidine rings is 1. The molecule has 0 aromatic heterocycles. The van der Waals surface area contributed by atoms with E-state index in [1.807, 2.05) is 36.2 Å². The van der Waals surface area contributed by atoms with E-state index in [0.717, 1.165) is 43.4 Å². The van der Waals surface area contributed by atoms with E-state index in [-0.39, 0.29) is 5.91 Å². The highest BCUT2D eigenvalue weighted by atomic mass is 16.1. The maximum Gasteiger partial charge on any atom is 0.251 e. The molecule has 0 bridgehead atoms. The van der Waals surface area contributed by atoms with Gasteiger partial charge >= 0.3 is 0 Å². The lowest BCUT2D eigenvalue weighted by atomic mass is 9.99. The standard InChI is InChI=1S/C20H30N4O/c1-15-5-4-11-23(14-15)17(3)13-21-20(25)18-6-8-19(9-7-18)24-12-10-16(2)22-24/h6-9,15,17H,4-5,10-14H2,1-3H3,(H,21,25). The lowest BCUT2D eigenvalue weighted by Crippen LogP contribution is -2.46. The van der Waals surface area contributed by atoms with Gasteiger partial charge in [-0.1, -0.05) is 6.92 Å². The van der Waals surface area contributed by atoms with E-state index in [2.05, 4.69) is 29.2 Å². The molecule has 1 aromatic rings. The third kappa shape index (κ3) is 4.60. The molecule has 1 aromatic carbocycles. The number of carbonyl (C=O) groups is 1. The fourth-order valence-corrected chi connectivity index (χ4v) is 3.64. The minimum Gasteiger partial charge on any atom is -0.350 e. The Morgan fingerprint density at radius 2 is 2.08 bits per heavy atom. The molecule has 2 aliphatic heterocycles. The summed E-state index contributed by atoms with van der Waals surface area (Å²) in [5, 5.41) is 9.58. The summed E-state index contributed by atoms with van der Waals surface area (Å²) in [7, 11) is 0. The van der Waals surface area contributed by atoms with Gasteiger partial charge in [0.25, 0.3) is 5.91 Å². The van der Waals surface area contributed by atoms with Gasteiger partial charge in [0.05, 0.1) is 5.69 Å². The zero-order valence-corrected chi connectivity index (χ0v) is 15.7. The van der Waals surface area contributed by atoms with Crippen molar-refractivity contribution in [2.75, 3.05) is 31.2 Å². The summed E-state index contributed by atoms with van der Waals surface area (Å²) in [6.07, 6.45) is 3.59. The molecule has 1 amide bonds. The van der Waals surface area contributed by atoms with E-state index < -0.39 is 0 Å². The molecule has 136 valence electrons. The van der Waals surface area contributed by atoms with Crippen LogP contribution in [0, 0.1) is 5.92 Å². The number of nitrogens with zero attached hydrogens (tertiary/aromatic N) is 3. The number of amides is 1. The Morgan fingerprint density at radius 3 is 2.72 bits per heavy atom. The van der Waals surface area contributed by atoms with Crippen molar-refractivity contribution in [1.82, 2.24) is 10.2 Å². The monoisotopic (exact) mass is 342 g/mol. The Balaban J connectivity index is 1.51. The van der Waals surface area contributed by atoms with Crippen molar-refractivity contribution in [3.8, 4) is 0 Å². The lowest BCUT2D eigenvalue weighted by Gasteiger charge is -2.35. The lowest BCUT2D eigenvalue weighted by molar-refractivity contribution is 0.0917. The number of rotatable bonds is 5. The molecule has 1 fully saturated rings. The van der Waals surface area contributed by atoms with Crippen LogP contribution in [0.2, 0.25) is 0 Å². The molecule has 0 radical (unpaired) electrons. The largest absolute Gasteiger partial charge is 0.350 e. The summed E-state index contributed by atoms with van der Waals surface area (Å²) in [4.78, 5) is 14.9. The molecule has 2 aliphatic rings. The number of hydrogen-bond acceptors (Lipinski definition) is 4. The van der Waals surface area contributed by atoms with Crippen LogP contribution in [0.5, 0.6) is 0 Å². The Kier molecular flexibility index (Phi) is 5.74. The van der Waals surface area contributed by atoms with E-state index in [9.17, 15) is 4.79 Å². The average Bonchev–Trinajstić information content (AvgIpc) is 3.06. The quantitative estimate of drug-likeness (QED) is 0.894. The number of nitrogens with one attached hydrogen (secondary N) is 1. The smallest absolute Gasteiger partial charge is 0.251 e. The second-order valence-electron chi connectivity index (χ2n) is 7.56. The molecule has 25 heavy (non-hydrogen) atoms. The SMILES string of the molecule is CC1=NN(c2ccc(C(=O)NCC(C)N3CCCC(C)C3)cc2)CC1. The van der Waals surface area contributed by atoms with Gasteiger partial charge in [0.15, 0.2) is 0 Å². The van der Waals surface area contributed by atoms with Gasteiger partial charge in [0.2, 0.25) is 0 Å². The number of likely N-dealkylation sites (tertiary alicyclic amines) is 1. The molecule has 0 spiro atoms. The van der Waals surface area contributed by atoms with Crippen molar-refractivity contribution in [1.29, 1.82) is 0 Å². The first-order valence-corrected chi connectivity index (χ1v) is 9.47. The third-order valence-corrected chi connectivity index (χ3v) is 5.27. The number of benzene rings is 1. The molecule has 2 heterocycles. The fourth-order valence-electron chi connectivity index (χ4n) is 3.64. The van der Waals surface area contributed by atoms with E-state index in [1.165, 1.54) is 12.8 Å². The zero-order valence-electron chi connectivity index (χ0n) is 15.7. The van der Waals surface area contributed by atoms with Crippen LogP contribution < -0.4 is 10.3 Å². The van der Waals surface area contributed by atoms with Crippen LogP contribution in [0.15, 0.2) is 29.4 Å². The maximum atomic E-state index is 12.4. The van der Waals surface area contributed by atoms with E-state index in [0.29, 0.717) is 18.2 Å². The molecule has 5 heteroatoms. The predicted molar refractivity (Wildman–Crippen MR) is 103 cm³/mol. The van der Waals surface area contributed by atoms with Crippen molar-refractivity contribution in [3.63, 3.8) is 0 Å². The van der Waals surface area contributed by atoms with Crippen molar-refractivity contribution in [2.45, 2.75) is 46.1 Å². The summed E-state index contributed by atoms with van der Waals surface area (Å²) in [5.74, 6) is 0.765. The highest BCUT2D eigenvalue weighted by molar-refractivity contribution is 5.94. The predicted octanol–water partition coefficient (Wildman–Crippen LogP) is 3.12. The van der Waals surface area contributed by atoms with Gasteiger partial charge in [0, 0.05) is 43.4 Å². The van der Waals surface area contributed by atoms with Crippen LogP contribution in [-0.4, -0.2) is 48.7 Å². The van der Waals surface area contributed by atoms with Gasteiger partial charge < -0.3 is 5.32 Å². The van der Waals surface area contributed by atoms with Crippen molar-refractivity contribution < 1.29 is 4.79 Å². The van der Waals surface area contributed by atoms with Crippen molar-refractivity contribution in [3.05, 3.63) is 29.8 Å². The number of hydrazone groups is 1. The Morgan fingerprint density at radius 1 is 1.32 bits per heavy atom. The highest BCUT2D eigenvalue weighted by Crippen LogP contribution is 2.20. The molecule has 2 atom stereocenters. The van der Waals surface area contributed by atoms with Crippen LogP contribution in [-0.2, 0) is 0 Å². The first kappa shape index (κ1) is 17.9. The molecular formula is C20H30N4O. The number of hydrogen-bond donors (Lipinski definition) is 1. The second-order valence-corrected chi connectivity index (χ2v) is 7.56. The van der Waals surface area contributed by atoms with Crippen LogP contribution in [0.25, 0.3) is 0 Å². The molecular weight excluding hydrogens is 312 g/mol. The van der Waals surface area contributed by atoms with E-state index in [4.69, 9.17) is 0 Å². The molecule has 3 rings (SSSR count). The van der Waals surface area contributed by atoms with E-state index in [1.54, 1.807) is 0 Å². The first-order chi connectivity index (χ1) is 12.0. The average molecular weight is 342 g/mol. The molecule has 5 nitrogen and oxygen atoms in total. The van der Waals surface area contributed by atoms with Crippen molar-refractivity contribution >= 4 is 17.3 Å². The molecule has 0 aliphatic carbocycles. The van der Waals surface area contributed by atoms with Crippen LogP contribution in [0.3, 0.4) is 0 Å². The minimum atomic E-state index is 0.00422. The summed E-state index contributed by atoms with van der Waals surface area (Å²) < 4.78 is 0. The summed E-state index contributed by atoms with van der Waals surface area (Å²) in [6, 6.07) is 8.12. The van der Waals surface area contributed by atoms with Gasteiger partial charge in [-0.05, 0) is 63.4 Å². The van der Waals surface area contributed by atoms with Crippen LogP contribution in [0.4, 0.5) is 5.69 Å². The third-order valence-electron chi connectivity index (χ3n) is 5.27. The maximum absolute atomic E-state index is 12.4. The fraction of sp³-hybridized carbons (Fsp3) is 0.600. The van der Waals surface area contributed by atoms with Crippen LogP contribution >= 0.6 is 0 Å². The van der Waals surface area contributed by atoms with E-state index >= 15 is 0 Å². The molecule has 0 saturated carbocycles. The van der Waals surface area contributed by atoms with Gasteiger partial charge in [-0.2, -0.15) is 5.10 Å². The van der Waals surface area contributed by atoms with Crippen molar-refractivity contribution in [2.24, 2.45) is 11.0 Å². The number of carbonyl (C=O) groups excluding carboxylic acids is 1. The number of anilines is 1. The molecule has 1 N–H and O–H groups in total. The summed E-state index contributed by atoms with van der Waals surface area (Å²) in [5.41, 5.74) is 2.91. The second kappa shape index (κ2) is 8.00. The zero-order chi connectivity index (χ0) is 17.8. The van der Waals surface area contributed by atoms with Crippen LogP contribution in [0.1, 0.15) is 50.4 Å². The summed E-state index contributed by atoms with van der Waals surface area (Å²) in [6.45, 7) is 10.5. The Hall–Kier alpha value is -1.88.